The molecule has 2 unspecified atom stereocenters. The number of nitrogens with zero attached hydrogens (tertiary/aromatic N) is 3. The van der Waals surface area contributed by atoms with Gasteiger partial charge in [0, 0.05) is 38.3 Å². The van der Waals surface area contributed by atoms with E-state index in [9.17, 15) is 18.5 Å². The van der Waals surface area contributed by atoms with Gasteiger partial charge >= 0.3 is 0 Å². The third-order valence-corrected chi connectivity index (χ3v) is 7.30. The molecule has 0 saturated carbocycles. The monoisotopic (exact) mass is 387 g/mol. The van der Waals surface area contributed by atoms with Crippen LogP contribution in [0.3, 0.4) is 0 Å². The lowest BCUT2D eigenvalue weighted by Gasteiger charge is -2.32. The average molecular weight is 387 g/mol. The van der Waals surface area contributed by atoms with E-state index in [2.05, 4.69) is 17.0 Å². The smallest absolute Gasteiger partial charge is 0.289 e. The van der Waals surface area contributed by atoms with E-state index in [1.807, 2.05) is 18.2 Å². The Hall–Kier alpha value is -2.29. The van der Waals surface area contributed by atoms with Crippen molar-refractivity contribution < 1.29 is 13.3 Å². The Balaban J connectivity index is 1.57. The van der Waals surface area contributed by atoms with Gasteiger partial charge in [-0.05, 0) is 24.0 Å². The van der Waals surface area contributed by atoms with Crippen molar-refractivity contribution in [1.82, 2.24) is 9.21 Å². The first-order valence-electron chi connectivity index (χ1n) is 8.96. The zero-order chi connectivity index (χ0) is 19.0. The van der Waals surface area contributed by atoms with Crippen molar-refractivity contribution in [2.45, 2.75) is 23.9 Å². The fourth-order valence-electron chi connectivity index (χ4n) is 4.23. The molecule has 2 fully saturated rings. The lowest BCUT2D eigenvalue weighted by molar-refractivity contribution is -0.387. The Morgan fingerprint density at radius 1 is 1.00 bits per heavy atom. The third kappa shape index (κ3) is 3.47. The summed E-state index contributed by atoms with van der Waals surface area (Å²) in [6.45, 7) is 2.69. The maximum atomic E-state index is 13.2. The summed E-state index contributed by atoms with van der Waals surface area (Å²) in [7, 11) is -3.90. The SMILES string of the molecule is O=[N+]([O-])c1ccccc1S(=O)(=O)N1CC2CC1CN(Cc1ccccc1)C2. The predicted octanol–water partition coefficient (Wildman–Crippen LogP) is 2.49. The highest BCUT2D eigenvalue weighted by molar-refractivity contribution is 7.89. The molecule has 2 aliphatic rings. The summed E-state index contributed by atoms with van der Waals surface area (Å²) >= 11 is 0. The number of likely N-dealkylation sites (tertiary alicyclic amines) is 1. The molecule has 0 radical (unpaired) electrons. The Bertz CT molecular complexity index is 948. The zero-order valence-electron chi connectivity index (χ0n) is 14.8. The maximum Gasteiger partial charge on any atom is 0.289 e. The minimum atomic E-state index is -3.90. The lowest BCUT2D eigenvalue weighted by Crippen LogP contribution is -2.43. The molecule has 142 valence electrons. The van der Waals surface area contributed by atoms with E-state index in [0.29, 0.717) is 13.1 Å². The van der Waals surface area contributed by atoms with Crippen molar-refractivity contribution >= 4 is 15.7 Å². The molecule has 0 N–H and O–H groups in total. The van der Waals surface area contributed by atoms with Crippen molar-refractivity contribution in [3.05, 3.63) is 70.3 Å². The van der Waals surface area contributed by atoms with Crippen LogP contribution >= 0.6 is 0 Å². The second-order valence-electron chi connectivity index (χ2n) is 7.23. The summed E-state index contributed by atoms with van der Waals surface area (Å²) in [6.07, 6.45) is 0.811. The Labute approximate surface area is 158 Å². The first-order valence-corrected chi connectivity index (χ1v) is 10.4. The maximum absolute atomic E-state index is 13.2. The van der Waals surface area contributed by atoms with Crippen molar-refractivity contribution in [2.75, 3.05) is 19.6 Å². The number of nitro groups is 1. The average Bonchev–Trinajstić information content (AvgIpc) is 2.97. The van der Waals surface area contributed by atoms with Crippen LogP contribution in [-0.2, 0) is 16.6 Å². The number of para-hydroxylation sites is 1. The highest BCUT2D eigenvalue weighted by Crippen LogP contribution is 2.36. The van der Waals surface area contributed by atoms with Crippen molar-refractivity contribution in [3.8, 4) is 0 Å². The van der Waals surface area contributed by atoms with E-state index in [1.54, 1.807) is 0 Å². The standard InChI is InChI=1S/C19H21N3O4S/c23-22(24)18-8-4-5-9-19(18)27(25,26)21-13-16-10-17(21)14-20(12-16)11-15-6-2-1-3-7-15/h1-9,16-17H,10-14H2. The van der Waals surface area contributed by atoms with Crippen LogP contribution in [0.5, 0.6) is 0 Å². The van der Waals surface area contributed by atoms with Gasteiger partial charge in [0.25, 0.3) is 5.69 Å². The Kier molecular flexibility index (Phi) is 4.71. The van der Waals surface area contributed by atoms with Gasteiger partial charge in [0.1, 0.15) is 0 Å². The van der Waals surface area contributed by atoms with Crippen molar-refractivity contribution in [3.63, 3.8) is 0 Å². The van der Waals surface area contributed by atoms with Gasteiger partial charge in [0.05, 0.1) is 4.92 Å². The number of nitro benzene ring substituents is 1. The van der Waals surface area contributed by atoms with E-state index in [-0.39, 0.29) is 22.5 Å². The van der Waals surface area contributed by atoms with Crippen LogP contribution in [0, 0.1) is 16.0 Å². The highest BCUT2D eigenvalue weighted by atomic mass is 32.2. The van der Waals surface area contributed by atoms with Gasteiger partial charge in [0.2, 0.25) is 10.0 Å². The van der Waals surface area contributed by atoms with Gasteiger partial charge in [-0.25, -0.2) is 8.42 Å². The van der Waals surface area contributed by atoms with Crippen LogP contribution in [0.1, 0.15) is 12.0 Å². The highest BCUT2D eigenvalue weighted by Gasteiger charge is 2.45. The first kappa shape index (κ1) is 18.1. The second kappa shape index (κ2) is 7.03. The third-order valence-electron chi connectivity index (χ3n) is 5.33. The number of fused-ring (bicyclic) bond motifs is 2. The fourth-order valence-corrected chi connectivity index (χ4v) is 6.10. The molecule has 27 heavy (non-hydrogen) atoms. The molecule has 0 aliphatic carbocycles. The normalized spacial score (nSPS) is 23.4. The summed E-state index contributed by atoms with van der Waals surface area (Å²) in [5.41, 5.74) is 0.840. The van der Waals surface area contributed by atoms with E-state index < -0.39 is 14.9 Å². The van der Waals surface area contributed by atoms with Crippen molar-refractivity contribution in [2.24, 2.45) is 5.92 Å². The number of rotatable bonds is 5. The molecule has 2 aromatic rings. The molecule has 0 aromatic heterocycles. The largest absolute Gasteiger partial charge is 0.297 e. The van der Waals surface area contributed by atoms with Crippen LogP contribution < -0.4 is 0 Å². The molecule has 0 amide bonds. The van der Waals surface area contributed by atoms with E-state index in [1.165, 1.54) is 34.1 Å². The molecule has 7 nitrogen and oxygen atoms in total. The molecule has 0 spiro atoms. The summed E-state index contributed by atoms with van der Waals surface area (Å²) < 4.78 is 27.8. The molecule has 4 rings (SSSR count). The minimum absolute atomic E-state index is 0.141. The van der Waals surface area contributed by atoms with Gasteiger partial charge < -0.3 is 0 Å². The van der Waals surface area contributed by atoms with E-state index in [4.69, 9.17) is 0 Å². The molecule has 2 aromatic carbocycles. The first-order chi connectivity index (χ1) is 12.9. The van der Waals surface area contributed by atoms with Gasteiger partial charge in [-0.1, -0.05) is 42.5 Å². The van der Waals surface area contributed by atoms with Gasteiger partial charge in [-0.2, -0.15) is 4.31 Å². The molecule has 8 heteroatoms. The molecule has 2 aliphatic heterocycles. The topological polar surface area (TPSA) is 83.8 Å². The second-order valence-corrected chi connectivity index (χ2v) is 9.09. The molecular formula is C19H21N3O4S. The number of hydrogen-bond donors (Lipinski definition) is 0. The summed E-state index contributed by atoms with van der Waals surface area (Å²) in [5.74, 6) is 0.255. The van der Waals surface area contributed by atoms with Gasteiger partial charge in [0.15, 0.2) is 4.90 Å². The molecule has 2 atom stereocenters. The van der Waals surface area contributed by atoms with Crippen LogP contribution in [0.25, 0.3) is 0 Å². The van der Waals surface area contributed by atoms with E-state index >= 15 is 0 Å². The molecule has 2 heterocycles. The van der Waals surface area contributed by atoms with E-state index in [0.717, 1.165) is 19.5 Å². The molecule has 2 bridgehead atoms. The Morgan fingerprint density at radius 2 is 1.70 bits per heavy atom. The zero-order valence-corrected chi connectivity index (χ0v) is 15.6. The quantitative estimate of drug-likeness (QED) is 0.581. The molecular weight excluding hydrogens is 366 g/mol. The Morgan fingerprint density at radius 3 is 2.44 bits per heavy atom. The van der Waals surface area contributed by atoms with Crippen LogP contribution in [0.15, 0.2) is 59.5 Å². The predicted molar refractivity (Wildman–Crippen MR) is 101 cm³/mol. The van der Waals surface area contributed by atoms with Crippen LogP contribution in [-0.4, -0.2) is 48.2 Å². The lowest BCUT2D eigenvalue weighted by atomic mass is 9.99. The summed E-state index contributed by atoms with van der Waals surface area (Å²) in [4.78, 5) is 12.7. The van der Waals surface area contributed by atoms with Gasteiger partial charge in [-0.15, -0.1) is 0 Å². The number of benzene rings is 2. The number of piperidine rings is 1. The summed E-state index contributed by atoms with van der Waals surface area (Å²) in [5, 5.41) is 11.3. The minimum Gasteiger partial charge on any atom is -0.297 e. The van der Waals surface area contributed by atoms with Gasteiger partial charge in [-0.3, -0.25) is 15.0 Å². The number of sulfonamides is 1. The van der Waals surface area contributed by atoms with Crippen molar-refractivity contribution in [1.29, 1.82) is 0 Å². The number of hydrogen-bond acceptors (Lipinski definition) is 5. The molecule has 2 saturated heterocycles. The summed E-state index contributed by atoms with van der Waals surface area (Å²) in [6, 6.07) is 15.6. The van der Waals surface area contributed by atoms with Crippen LogP contribution in [0.4, 0.5) is 5.69 Å². The van der Waals surface area contributed by atoms with Crippen LogP contribution in [0.2, 0.25) is 0 Å². The fraction of sp³-hybridized carbons (Fsp3) is 0.368.